The zero-order chi connectivity index (χ0) is 19.4. The van der Waals surface area contributed by atoms with Crippen molar-refractivity contribution < 1.29 is 9.59 Å². The Morgan fingerprint density at radius 1 is 1.07 bits per heavy atom. The first-order chi connectivity index (χ1) is 13.0. The molecule has 6 heteroatoms. The van der Waals surface area contributed by atoms with Crippen molar-refractivity contribution in [1.82, 2.24) is 5.32 Å². The Balaban J connectivity index is 1.83. The molecule has 0 aliphatic heterocycles. The molecule has 0 aromatic heterocycles. The van der Waals surface area contributed by atoms with Crippen LogP contribution in [0.25, 0.3) is 0 Å². The van der Waals surface area contributed by atoms with E-state index < -0.39 is 0 Å². The molecule has 27 heavy (non-hydrogen) atoms. The van der Waals surface area contributed by atoms with Crippen LogP contribution in [0.5, 0.6) is 0 Å². The number of benzene rings is 2. The lowest BCUT2D eigenvalue weighted by molar-refractivity contribution is -0.117. The maximum Gasteiger partial charge on any atom is 0.240 e. The normalized spacial score (nSPS) is 14.3. The van der Waals surface area contributed by atoms with Crippen LogP contribution in [0.15, 0.2) is 42.5 Å². The van der Waals surface area contributed by atoms with E-state index in [9.17, 15) is 9.59 Å². The fourth-order valence-electron chi connectivity index (χ4n) is 3.39. The molecule has 142 valence electrons. The average Bonchev–Trinajstić information content (AvgIpc) is 3.19. The maximum atomic E-state index is 13.0. The predicted molar refractivity (Wildman–Crippen MR) is 110 cm³/mol. The minimum absolute atomic E-state index is 0.0996. The molecule has 1 aliphatic rings. The van der Waals surface area contributed by atoms with Gasteiger partial charge >= 0.3 is 0 Å². The highest BCUT2D eigenvalue weighted by Gasteiger charge is 2.22. The van der Waals surface area contributed by atoms with Crippen LogP contribution in [0.4, 0.5) is 5.69 Å². The molecule has 3 rings (SSSR count). The highest BCUT2D eigenvalue weighted by Crippen LogP contribution is 2.28. The van der Waals surface area contributed by atoms with Gasteiger partial charge in [-0.3, -0.25) is 9.59 Å². The minimum Gasteiger partial charge on any atom is -0.314 e. The van der Waals surface area contributed by atoms with Crippen LogP contribution in [-0.4, -0.2) is 31.3 Å². The molecule has 0 bridgehead atoms. The average molecular weight is 405 g/mol. The lowest BCUT2D eigenvalue weighted by atomic mass is 10.0. The molecule has 2 aromatic rings. The molecule has 1 fully saturated rings. The van der Waals surface area contributed by atoms with Gasteiger partial charge in [0.25, 0.3) is 0 Å². The molecule has 0 unspecified atom stereocenters. The van der Waals surface area contributed by atoms with Gasteiger partial charge in [-0.1, -0.05) is 48.2 Å². The SMILES string of the molecule is CN(C(=O)CNC1CCCC1)c1ccc(Cl)cc1C(=O)c1ccccc1Cl. The van der Waals surface area contributed by atoms with Gasteiger partial charge in [0.1, 0.15) is 0 Å². The smallest absolute Gasteiger partial charge is 0.240 e. The summed E-state index contributed by atoms with van der Waals surface area (Å²) in [5.74, 6) is -0.362. The van der Waals surface area contributed by atoms with E-state index in [1.165, 1.54) is 17.7 Å². The largest absolute Gasteiger partial charge is 0.314 e. The van der Waals surface area contributed by atoms with Crippen molar-refractivity contribution in [3.63, 3.8) is 0 Å². The van der Waals surface area contributed by atoms with E-state index in [-0.39, 0.29) is 18.2 Å². The number of ketones is 1. The van der Waals surface area contributed by atoms with Crippen molar-refractivity contribution in [2.75, 3.05) is 18.5 Å². The summed E-state index contributed by atoms with van der Waals surface area (Å²) >= 11 is 12.3. The number of amides is 1. The van der Waals surface area contributed by atoms with Crippen LogP contribution in [0.3, 0.4) is 0 Å². The van der Waals surface area contributed by atoms with E-state index in [0.717, 1.165) is 12.8 Å². The zero-order valence-electron chi connectivity index (χ0n) is 15.2. The molecule has 4 nitrogen and oxygen atoms in total. The predicted octanol–water partition coefficient (Wildman–Crippen LogP) is 4.72. The second kappa shape index (κ2) is 8.87. The molecule has 0 heterocycles. The summed E-state index contributed by atoms with van der Waals surface area (Å²) in [5, 5.41) is 4.11. The lowest BCUT2D eigenvalue weighted by Crippen LogP contribution is -2.39. The first kappa shape index (κ1) is 19.9. The minimum atomic E-state index is -0.262. The molecule has 0 radical (unpaired) electrons. The molecule has 1 saturated carbocycles. The summed E-state index contributed by atoms with van der Waals surface area (Å²) in [5.41, 5.74) is 1.25. The van der Waals surface area contributed by atoms with Crippen molar-refractivity contribution in [1.29, 1.82) is 0 Å². The van der Waals surface area contributed by atoms with Gasteiger partial charge in [0.15, 0.2) is 5.78 Å². The Morgan fingerprint density at radius 3 is 2.48 bits per heavy atom. The highest BCUT2D eigenvalue weighted by molar-refractivity contribution is 6.36. The topological polar surface area (TPSA) is 49.4 Å². The molecule has 0 spiro atoms. The van der Waals surface area contributed by atoms with Gasteiger partial charge in [-0.15, -0.1) is 0 Å². The first-order valence-electron chi connectivity index (χ1n) is 9.06. The number of hydrogen-bond donors (Lipinski definition) is 1. The van der Waals surface area contributed by atoms with Crippen LogP contribution in [-0.2, 0) is 4.79 Å². The molecule has 1 amide bonds. The quantitative estimate of drug-likeness (QED) is 0.708. The summed E-state index contributed by atoms with van der Waals surface area (Å²) in [7, 11) is 1.67. The third-order valence-corrected chi connectivity index (χ3v) is 5.52. The van der Waals surface area contributed by atoms with E-state index in [1.807, 2.05) is 0 Å². The van der Waals surface area contributed by atoms with E-state index in [1.54, 1.807) is 49.5 Å². The summed E-state index contributed by atoms with van der Waals surface area (Å²) in [6.45, 7) is 0.240. The van der Waals surface area contributed by atoms with E-state index in [2.05, 4.69) is 5.32 Å². The number of halogens is 2. The number of nitrogens with one attached hydrogen (secondary N) is 1. The van der Waals surface area contributed by atoms with Crippen molar-refractivity contribution in [2.45, 2.75) is 31.7 Å². The molecular weight excluding hydrogens is 383 g/mol. The van der Waals surface area contributed by atoms with E-state index >= 15 is 0 Å². The van der Waals surface area contributed by atoms with E-state index in [4.69, 9.17) is 23.2 Å². The third-order valence-electron chi connectivity index (χ3n) is 4.95. The number of carbonyl (C=O) groups excluding carboxylic acids is 2. The monoisotopic (exact) mass is 404 g/mol. The Kier molecular flexibility index (Phi) is 6.53. The zero-order valence-corrected chi connectivity index (χ0v) is 16.7. The molecule has 1 aliphatic carbocycles. The van der Waals surface area contributed by atoms with Crippen LogP contribution >= 0.6 is 23.2 Å². The standard InChI is InChI=1S/C21H22Cl2N2O2/c1-25(20(26)13-24-15-6-2-3-7-15)19-11-10-14(22)12-17(19)21(27)16-8-4-5-9-18(16)23/h4-5,8-12,15,24H,2-3,6-7,13H2,1H3. The van der Waals surface area contributed by atoms with Crippen molar-refractivity contribution in [3.05, 3.63) is 63.6 Å². The van der Waals surface area contributed by atoms with Gasteiger partial charge in [0.05, 0.1) is 17.3 Å². The summed E-state index contributed by atoms with van der Waals surface area (Å²) in [6.07, 6.45) is 4.62. The fourth-order valence-corrected chi connectivity index (χ4v) is 3.78. The summed E-state index contributed by atoms with van der Waals surface area (Å²) in [4.78, 5) is 27.2. The summed E-state index contributed by atoms with van der Waals surface area (Å²) < 4.78 is 0. The van der Waals surface area contributed by atoms with Crippen molar-refractivity contribution >= 4 is 40.6 Å². The Morgan fingerprint density at radius 2 is 1.78 bits per heavy atom. The number of nitrogens with zero attached hydrogens (tertiary/aromatic N) is 1. The fraction of sp³-hybridized carbons (Fsp3) is 0.333. The third kappa shape index (κ3) is 4.70. The molecule has 0 saturated heterocycles. The number of anilines is 1. The number of rotatable bonds is 6. The van der Waals surface area contributed by atoms with Gasteiger partial charge in [0, 0.05) is 29.2 Å². The van der Waals surface area contributed by atoms with Crippen molar-refractivity contribution in [2.24, 2.45) is 0 Å². The molecule has 1 N–H and O–H groups in total. The Hall–Kier alpha value is -1.88. The summed E-state index contributed by atoms with van der Waals surface area (Å²) in [6, 6.07) is 12.2. The molecule has 0 atom stereocenters. The Labute approximate surface area is 169 Å². The van der Waals surface area contributed by atoms with Gasteiger partial charge in [-0.25, -0.2) is 0 Å². The van der Waals surface area contributed by atoms with Crippen molar-refractivity contribution in [3.8, 4) is 0 Å². The number of carbonyl (C=O) groups is 2. The molecular formula is C21H22Cl2N2O2. The highest BCUT2D eigenvalue weighted by atomic mass is 35.5. The van der Waals surface area contributed by atoms with Crippen LogP contribution < -0.4 is 10.2 Å². The van der Waals surface area contributed by atoms with Crippen LogP contribution in [0.1, 0.15) is 41.6 Å². The number of likely N-dealkylation sites (N-methyl/N-ethyl adjacent to an activating group) is 1. The van der Waals surface area contributed by atoms with Crippen LogP contribution in [0.2, 0.25) is 10.0 Å². The van der Waals surface area contributed by atoms with Gasteiger partial charge in [0.2, 0.25) is 5.91 Å². The second-order valence-corrected chi connectivity index (χ2v) is 7.63. The maximum absolute atomic E-state index is 13.0. The lowest BCUT2D eigenvalue weighted by Gasteiger charge is -2.22. The van der Waals surface area contributed by atoms with Gasteiger partial charge in [-0.2, -0.15) is 0 Å². The second-order valence-electron chi connectivity index (χ2n) is 6.79. The first-order valence-corrected chi connectivity index (χ1v) is 9.81. The molecule has 2 aromatic carbocycles. The van der Waals surface area contributed by atoms with Crippen LogP contribution in [0, 0.1) is 0 Å². The van der Waals surface area contributed by atoms with Gasteiger partial charge < -0.3 is 10.2 Å². The number of hydrogen-bond acceptors (Lipinski definition) is 3. The Bertz CT molecular complexity index is 848. The van der Waals surface area contributed by atoms with E-state index in [0.29, 0.717) is 32.9 Å². The van der Waals surface area contributed by atoms with Gasteiger partial charge in [-0.05, 0) is 43.2 Å².